The fourth-order valence-corrected chi connectivity index (χ4v) is 2.24. The molecular formula is C12H14ClN3O2. The summed E-state index contributed by atoms with van der Waals surface area (Å²) >= 11 is 5.82. The van der Waals surface area contributed by atoms with Crippen LogP contribution in [0.15, 0.2) is 18.3 Å². The third-order valence-electron chi connectivity index (χ3n) is 3.05. The van der Waals surface area contributed by atoms with E-state index in [9.17, 15) is 9.59 Å². The van der Waals surface area contributed by atoms with Gasteiger partial charge in [-0.1, -0.05) is 11.6 Å². The van der Waals surface area contributed by atoms with E-state index in [1.54, 1.807) is 11.0 Å². The Balaban J connectivity index is 2.11. The zero-order valence-electron chi connectivity index (χ0n) is 9.80. The van der Waals surface area contributed by atoms with Crippen molar-refractivity contribution in [1.82, 2.24) is 9.88 Å². The predicted octanol–water partition coefficient (Wildman–Crippen LogP) is 1.07. The van der Waals surface area contributed by atoms with Crippen LogP contribution in [0.4, 0.5) is 0 Å². The van der Waals surface area contributed by atoms with Gasteiger partial charge in [-0.2, -0.15) is 0 Å². The second-order valence-corrected chi connectivity index (χ2v) is 4.79. The third kappa shape index (κ3) is 2.79. The van der Waals surface area contributed by atoms with Gasteiger partial charge in [0.05, 0.1) is 5.92 Å². The van der Waals surface area contributed by atoms with Gasteiger partial charge in [0.2, 0.25) is 5.91 Å². The van der Waals surface area contributed by atoms with Crippen molar-refractivity contribution in [2.75, 3.05) is 13.1 Å². The Morgan fingerprint density at radius 2 is 2.28 bits per heavy atom. The minimum Gasteiger partial charge on any atom is -0.369 e. The first kappa shape index (κ1) is 12.8. The average molecular weight is 268 g/mol. The van der Waals surface area contributed by atoms with Crippen LogP contribution < -0.4 is 5.73 Å². The molecule has 0 aromatic carbocycles. The van der Waals surface area contributed by atoms with Crippen molar-refractivity contribution < 1.29 is 9.59 Å². The fraction of sp³-hybridized carbons (Fsp3) is 0.417. The summed E-state index contributed by atoms with van der Waals surface area (Å²) in [5, 5.41) is 0.469. The third-order valence-corrected chi connectivity index (χ3v) is 3.29. The lowest BCUT2D eigenvalue weighted by molar-refractivity contribution is -0.123. The molecule has 2 heterocycles. The van der Waals surface area contributed by atoms with Crippen molar-refractivity contribution >= 4 is 23.4 Å². The topological polar surface area (TPSA) is 76.3 Å². The molecule has 0 radical (unpaired) electrons. The Bertz CT molecular complexity index is 478. The molecule has 0 spiro atoms. The molecule has 1 fully saturated rings. The number of rotatable bonds is 2. The van der Waals surface area contributed by atoms with Crippen molar-refractivity contribution in [3.05, 3.63) is 29.0 Å². The molecule has 1 unspecified atom stereocenters. The summed E-state index contributed by atoms with van der Waals surface area (Å²) < 4.78 is 0. The molecule has 0 saturated carbocycles. The van der Waals surface area contributed by atoms with E-state index in [-0.39, 0.29) is 17.7 Å². The molecule has 2 rings (SSSR count). The summed E-state index contributed by atoms with van der Waals surface area (Å²) in [4.78, 5) is 28.9. The lowest BCUT2D eigenvalue weighted by Crippen LogP contribution is -2.44. The number of nitrogens with zero attached hydrogens (tertiary/aromatic N) is 2. The smallest absolute Gasteiger partial charge is 0.272 e. The van der Waals surface area contributed by atoms with Crippen molar-refractivity contribution in [3.8, 4) is 0 Å². The zero-order valence-corrected chi connectivity index (χ0v) is 10.6. The normalized spacial score (nSPS) is 19.6. The summed E-state index contributed by atoms with van der Waals surface area (Å²) in [6, 6.07) is 3.14. The Labute approximate surface area is 110 Å². The zero-order chi connectivity index (χ0) is 13.1. The first-order chi connectivity index (χ1) is 8.58. The molecule has 1 saturated heterocycles. The van der Waals surface area contributed by atoms with E-state index in [0.717, 1.165) is 12.8 Å². The summed E-state index contributed by atoms with van der Waals surface area (Å²) in [5.41, 5.74) is 5.58. The van der Waals surface area contributed by atoms with E-state index in [0.29, 0.717) is 23.8 Å². The van der Waals surface area contributed by atoms with E-state index < -0.39 is 0 Å². The van der Waals surface area contributed by atoms with Crippen LogP contribution in [0.1, 0.15) is 23.3 Å². The fourth-order valence-electron chi connectivity index (χ4n) is 2.08. The van der Waals surface area contributed by atoms with Gasteiger partial charge in [-0.25, -0.2) is 0 Å². The van der Waals surface area contributed by atoms with Gasteiger partial charge in [-0.05, 0) is 25.0 Å². The first-order valence-corrected chi connectivity index (χ1v) is 6.16. The molecule has 1 aliphatic rings. The number of likely N-dealkylation sites (tertiary alicyclic amines) is 1. The van der Waals surface area contributed by atoms with E-state index in [1.807, 2.05) is 0 Å². The van der Waals surface area contributed by atoms with E-state index in [4.69, 9.17) is 17.3 Å². The summed E-state index contributed by atoms with van der Waals surface area (Å²) in [5.74, 6) is -0.822. The van der Waals surface area contributed by atoms with Gasteiger partial charge in [0.25, 0.3) is 5.91 Å². The number of carbonyl (C=O) groups is 2. The highest BCUT2D eigenvalue weighted by Gasteiger charge is 2.28. The molecule has 0 aliphatic carbocycles. The van der Waals surface area contributed by atoms with Crippen molar-refractivity contribution in [3.63, 3.8) is 0 Å². The summed E-state index contributed by atoms with van der Waals surface area (Å²) in [7, 11) is 0. The van der Waals surface area contributed by atoms with E-state index in [1.165, 1.54) is 12.3 Å². The van der Waals surface area contributed by atoms with Crippen molar-refractivity contribution in [1.29, 1.82) is 0 Å². The number of primary amides is 1. The van der Waals surface area contributed by atoms with Crippen LogP contribution >= 0.6 is 11.6 Å². The number of aromatic nitrogens is 1. The SMILES string of the molecule is NC(=O)C1CCCN(C(=O)c2cc(Cl)ccn2)C1. The van der Waals surface area contributed by atoms with Gasteiger partial charge in [0, 0.05) is 24.3 Å². The molecule has 0 bridgehead atoms. The minimum atomic E-state index is -0.355. The number of amides is 2. The predicted molar refractivity (Wildman–Crippen MR) is 67.1 cm³/mol. The number of carbonyl (C=O) groups excluding carboxylic acids is 2. The maximum Gasteiger partial charge on any atom is 0.272 e. The van der Waals surface area contributed by atoms with Crippen LogP contribution in [0.25, 0.3) is 0 Å². The quantitative estimate of drug-likeness (QED) is 0.871. The Hall–Kier alpha value is -1.62. The van der Waals surface area contributed by atoms with Gasteiger partial charge >= 0.3 is 0 Å². The molecule has 2 N–H and O–H groups in total. The second kappa shape index (κ2) is 5.35. The highest BCUT2D eigenvalue weighted by Crippen LogP contribution is 2.18. The van der Waals surface area contributed by atoms with Crippen LogP contribution in [-0.4, -0.2) is 34.8 Å². The van der Waals surface area contributed by atoms with Gasteiger partial charge in [-0.15, -0.1) is 0 Å². The van der Waals surface area contributed by atoms with E-state index >= 15 is 0 Å². The minimum absolute atomic E-state index is 0.205. The molecule has 1 aliphatic heterocycles. The van der Waals surface area contributed by atoms with Gasteiger partial charge in [0.15, 0.2) is 0 Å². The van der Waals surface area contributed by atoms with Crippen LogP contribution in [0, 0.1) is 5.92 Å². The van der Waals surface area contributed by atoms with Gasteiger partial charge < -0.3 is 10.6 Å². The van der Waals surface area contributed by atoms with Crippen LogP contribution in [0.3, 0.4) is 0 Å². The summed E-state index contributed by atoms with van der Waals surface area (Å²) in [6.07, 6.45) is 3.01. The van der Waals surface area contributed by atoms with Crippen molar-refractivity contribution in [2.24, 2.45) is 11.7 Å². The molecule has 18 heavy (non-hydrogen) atoms. The molecular weight excluding hydrogens is 254 g/mol. The second-order valence-electron chi connectivity index (χ2n) is 4.35. The Morgan fingerprint density at radius 1 is 1.50 bits per heavy atom. The number of piperidine rings is 1. The number of pyridine rings is 1. The molecule has 1 atom stereocenters. The lowest BCUT2D eigenvalue weighted by Gasteiger charge is -2.30. The van der Waals surface area contributed by atoms with Crippen molar-refractivity contribution in [2.45, 2.75) is 12.8 Å². The highest BCUT2D eigenvalue weighted by molar-refractivity contribution is 6.30. The molecule has 2 amide bonds. The largest absolute Gasteiger partial charge is 0.369 e. The maximum atomic E-state index is 12.2. The van der Waals surface area contributed by atoms with Crippen LogP contribution in [-0.2, 0) is 4.79 Å². The Kier molecular flexibility index (Phi) is 3.81. The molecule has 5 nitrogen and oxygen atoms in total. The van der Waals surface area contributed by atoms with Gasteiger partial charge in [-0.3, -0.25) is 14.6 Å². The summed E-state index contributed by atoms with van der Waals surface area (Å²) in [6.45, 7) is 0.985. The standard InChI is InChI=1S/C12H14ClN3O2/c13-9-3-4-15-10(6-9)12(18)16-5-1-2-8(7-16)11(14)17/h3-4,6,8H,1-2,5,7H2,(H2,14,17). The van der Waals surface area contributed by atoms with Crippen LogP contribution in [0.5, 0.6) is 0 Å². The number of halogens is 1. The first-order valence-electron chi connectivity index (χ1n) is 5.78. The van der Waals surface area contributed by atoms with E-state index in [2.05, 4.69) is 4.98 Å². The number of hydrogen-bond acceptors (Lipinski definition) is 3. The number of hydrogen-bond donors (Lipinski definition) is 1. The maximum absolute atomic E-state index is 12.2. The monoisotopic (exact) mass is 267 g/mol. The van der Waals surface area contributed by atoms with Crippen LogP contribution in [0.2, 0.25) is 5.02 Å². The lowest BCUT2D eigenvalue weighted by atomic mass is 9.97. The molecule has 1 aromatic rings. The highest BCUT2D eigenvalue weighted by atomic mass is 35.5. The Morgan fingerprint density at radius 3 is 2.94 bits per heavy atom. The average Bonchev–Trinajstić information content (AvgIpc) is 2.38. The number of nitrogens with two attached hydrogens (primary N) is 1. The molecule has 1 aromatic heterocycles. The van der Waals surface area contributed by atoms with Gasteiger partial charge in [0.1, 0.15) is 5.69 Å². The molecule has 96 valence electrons. The molecule has 6 heteroatoms.